The van der Waals surface area contributed by atoms with E-state index in [1.54, 1.807) is 30.8 Å². The number of carbonyl (C=O) groups excluding carboxylic acids is 4. The maximum Gasteiger partial charge on any atom is 0.315 e. The number of nitrogens with zero attached hydrogens (tertiary/aromatic N) is 3. The summed E-state index contributed by atoms with van der Waals surface area (Å²) in [6, 6.07) is -0.760. The van der Waals surface area contributed by atoms with Gasteiger partial charge in [-0.05, 0) is 51.4 Å². The van der Waals surface area contributed by atoms with Crippen LogP contribution in [0, 0.1) is 11.3 Å². The van der Waals surface area contributed by atoms with Crippen LogP contribution in [0.1, 0.15) is 59.3 Å². The van der Waals surface area contributed by atoms with E-state index < -0.39 is 11.5 Å². The van der Waals surface area contributed by atoms with E-state index in [1.807, 2.05) is 18.7 Å². The van der Waals surface area contributed by atoms with Crippen LogP contribution in [0.4, 0.5) is 4.79 Å². The van der Waals surface area contributed by atoms with E-state index in [2.05, 4.69) is 10.6 Å². The number of hydrogen-bond acceptors (Lipinski definition) is 4. The predicted octanol–water partition coefficient (Wildman–Crippen LogP) is 1.18. The molecular weight excluding hydrogens is 410 g/mol. The lowest BCUT2D eigenvalue weighted by atomic mass is 9.87. The first kappa shape index (κ1) is 24.3. The second kappa shape index (κ2) is 9.67. The first-order chi connectivity index (χ1) is 15.0. The summed E-state index contributed by atoms with van der Waals surface area (Å²) < 4.78 is 0. The van der Waals surface area contributed by atoms with Gasteiger partial charge < -0.3 is 25.3 Å². The minimum atomic E-state index is -1.03. The number of urea groups is 1. The number of rotatable bonds is 8. The maximum atomic E-state index is 13.4. The molecule has 0 aromatic heterocycles. The van der Waals surface area contributed by atoms with Crippen molar-refractivity contribution in [1.82, 2.24) is 25.3 Å². The van der Waals surface area contributed by atoms with Gasteiger partial charge in [0.15, 0.2) is 0 Å². The Morgan fingerprint density at radius 1 is 1.19 bits per heavy atom. The third-order valence-electron chi connectivity index (χ3n) is 6.95. The number of carbonyl (C=O) groups is 4. The van der Waals surface area contributed by atoms with Crippen LogP contribution < -0.4 is 10.6 Å². The third-order valence-corrected chi connectivity index (χ3v) is 6.95. The molecule has 180 valence electrons. The lowest BCUT2D eigenvalue weighted by Gasteiger charge is -2.34. The molecule has 0 spiro atoms. The molecule has 3 unspecified atom stereocenters. The van der Waals surface area contributed by atoms with Gasteiger partial charge in [0.2, 0.25) is 17.7 Å². The Morgan fingerprint density at radius 2 is 1.88 bits per heavy atom. The molecule has 0 aromatic rings. The lowest BCUT2D eigenvalue weighted by Crippen LogP contribution is -2.55. The van der Waals surface area contributed by atoms with E-state index in [4.69, 9.17) is 0 Å². The number of likely N-dealkylation sites (tertiary alicyclic amines) is 2. The van der Waals surface area contributed by atoms with Crippen LogP contribution in [-0.4, -0.2) is 90.3 Å². The van der Waals surface area contributed by atoms with Crippen molar-refractivity contribution in [1.29, 1.82) is 0 Å². The molecule has 3 fully saturated rings. The van der Waals surface area contributed by atoms with Gasteiger partial charge in [-0.25, -0.2) is 4.79 Å². The van der Waals surface area contributed by atoms with E-state index in [-0.39, 0.29) is 41.8 Å². The van der Waals surface area contributed by atoms with Gasteiger partial charge in [0.25, 0.3) is 0 Å². The zero-order valence-corrected chi connectivity index (χ0v) is 20.1. The molecule has 5 amide bonds. The molecule has 2 N–H and O–H groups in total. The zero-order valence-electron chi connectivity index (χ0n) is 20.1. The molecule has 9 nitrogen and oxygen atoms in total. The molecule has 0 bridgehead atoms. The summed E-state index contributed by atoms with van der Waals surface area (Å²) in [6.07, 6.45) is 4.71. The van der Waals surface area contributed by atoms with Crippen molar-refractivity contribution in [3.63, 3.8) is 0 Å². The fraction of sp³-hybridized carbons (Fsp3) is 0.826. The van der Waals surface area contributed by atoms with Gasteiger partial charge in [-0.2, -0.15) is 0 Å². The maximum absolute atomic E-state index is 13.4. The Labute approximate surface area is 191 Å². The molecule has 9 heteroatoms. The van der Waals surface area contributed by atoms with E-state index in [1.165, 1.54) is 0 Å². The predicted molar refractivity (Wildman–Crippen MR) is 121 cm³/mol. The van der Waals surface area contributed by atoms with E-state index >= 15 is 0 Å². The summed E-state index contributed by atoms with van der Waals surface area (Å²) in [5.74, 6) is -0.167. The van der Waals surface area contributed by atoms with Crippen LogP contribution in [0.3, 0.4) is 0 Å². The number of amides is 5. The van der Waals surface area contributed by atoms with Crippen molar-refractivity contribution in [2.24, 2.45) is 11.3 Å². The fourth-order valence-electron chi connectivity index (χ4n) is 4.86. The summed E-state index contributed by atoms with van der Waals surface area (Å²) in [7, 11) is 3.44. The molecule has 0 radical (unpaired) electrons. The highest BCUT2D eigenvalue weighted by Gasteiger charge is 2.49. The summed E-state index contributed by atoms with van der Waals surface area (Å²) in [4.78, 5) is 56.4. The van der Waals surface area contributed by atoms with Crippen LogP contribution in [-0.2, 0) is 14.4 Å². The molecule has 1 saturated carbocycles. The number of likely N-dealkylation sites (N-methyl/N-ethyl adjacent to an activating group) is 1. The van der Waals surface area contributed by atoms with Gasteiger partial charge in [0.05, 0.1) is 0 Å². The van der Waals surface area contributed by atoms with Crippen LogP contribution in [0.2, 0.25) is 0 Å². The molecule has 2 heterocycles. The largest absolute Gasteiger partial charge is 0.345 e. The van der Waals surface area contributed by atoms with E-state index in [0.29, 0.717) is 32.5 Å². The Balaban J connectivity index is 1.64. The minimum Gasteiger partial charge on any atom is -0.345 e. The first-order valence-corrected chi connectivity index (χ1v) is 11.9. The van der Waals surface area contributed by atoms with Gasteiger partial charge in [-0.1, -0.05) is 13.8 Å². The van der Waals surface area contributed by atoms with Crippen LogP contribution >= 0.6 is 0 Å². The van der Waals surface area contributed by atoms with Gasteiger partial charge in [-0.15, -0.1) is 0 Å². The molecule has 3 aliphatic rings. The normalized spacial score (nSPS) is 26.4. The summed E-state index contributed by atoms with van der Waals surface area (Å²) in [5.41, 5.74) is -1.03. The first-order valence-electron chi connectivity index (χ1n) is 11.9. The van der Waals surface area contributed by atoms with Crippen molar-refractivity contribution in [3.05, 3.63) is 0 Å². The fourth-order valence-corrected chi connectivity index (χ4v) is 4.86. The summed E-state index contributed by atoms with van der Waals surface area (Å²) in [6.45, 7) is 7.37. The van der Waals surface area contributed by atoms with Gasteiger partial charge in [-0.3, -0.25) is 14.4 Å². The molecule has 2 aliphatic heterocycles. The molecule has 3 rings (SSSR count). The number of hydrogen-bond donors (Lipinski definition) is 2. The highest BCUT2D eigenvalue weighted by molar-refractivity contribution is 6.05. The quantitative estimate of drug-likeness (QED) is 0.543. The highest BCUT2D eigenvalue weighted by Crippen LogP contribution is 2.33. The molecule has 0 aromatic carbocycles. The average Bonchev–Trinajstić information content (AvgIpc) is 3.36. The average molecular weight is 450 g/mol. The van der Waals surface area contributed by atoms with Crippen LogP contribution in [0.25, 0.3) is 0 Å². The Kier molecular flexibility index (Phi) is 7.35. The highest BCUT2D eigenvalue weighted by atomic mass is 16.2. The Bertz CT molecular complexity index is 753. The van der Waals surface area contributed by atoms with E-state index in [0.717, 1.165) is 25.7 Å². The van der Waals surface area contributed by atoms with Crippen molar-refractivity contribution >= 4 is 23.8 Å². The monoisotopic (exact) mass is 449 g/mol. The van der Waals surface area contributed by atoms with Crippen molar-refractivity contribution in [2.75, 3.05) is 33.7 Å². The minimum absolute atomic E-state index is 0.0871. The summed E-state index contributed by atoms with van der Waals surface area (Å²) in [5, 5.41) is 5.78. The van der Waals surface area contributed by atoms with Crippen molar-refractivity contribution in [2.45, 2.75) is 77.4 Å². The third kappa shape index (κ3) is 5.35. The van der Waals surface area contributed by atoms with Gasteiger partial charge >= 0.3 is 6.03 Å². The molecule has 32 heavy (non-hydrogen) atoms. The van der Waals surface area contributed by atoms with Crippen LogP contribution in [0.15, 0.2) is 0 Å². The van der Waals surface area contributed by atoms with E-state index in [9.17, 15) is 19.2 Å². The van der Waals surface area contributed by atoms with Gasteiger partial charge in [0, 0.05) is 45.8 Å². The second-order valence-corrected chi connectivity index (χ2v) is 10.4. The van der Waals surface area contributed by atoms with Crippen molar-refractivity contribution < 1.29 is 19.2 Å². The molecule has 2 saturated heterocycles. The smallest absolute Gasteiger partial charge is 0.315 e. The molecule has 3 atom stereocenters. The molecular formula is C23H39N5O4. The number of nitrogens with one attached hydrogen (secondary N) is 2. The lowest BCUT2D eigenvalue weighted by molar-refractivity contribution is -0.150. The summed E-state index contributed by atoms with van der Waals surface area (Å²) >= 11 is 0. The van der Waals surface area contributed by atoms with Crippen molar-refractivity contribution in [3.8, 4) is 0 Å². The topological polar surface area (TPSA) is 102 Å². The van der Waals surface area contributed by atoms with Crippen LogP contribution in [0.5, 0.6) is 0 Å². The SMILES string of the molecule is CC(C)CC(NC(=O)NC1CC1)C(=O)N1CCCC1CN(C)C(=O)C1(C)CCN(C)C1=O. The second-order valence-electron chi connectivity index (χ2n) is 10.4. The Morgan fingerprint density at radius 3 is 2.44 bits per heavy atom. The standard InChI is InChI=1S/C23H39N5O4/c1-15(2)13-18(25-22(32)24-16-8-9-16)19(29)28-11-6-7-17(28)14-27(5)21(31)23(3)10-12-26(4)20(23)30/h15-18H,6-14H2,1-5H3,(H2,24,25,32). The zero-order chi connectivity index (χ0) is 23.6. The molecule has 1 aliphatic carbocycles. The van der Waals surface area contributed by atoms with Gasteiger partial charge in [0.1, 0.15) is 11.5 Å². The Hall–Kier alpha value is -2.32.